The SMILES string of the molecule is O=C(O)c1cc(O)ccc1NS. The van der Waals surface area contributed by atoms with E-state index in [4.69, 9.17) is 10.2 Å². The molecule has 0 aromatic heterocycles. The maximum absolute atomic E-state index is 10.5. The fourth-order valence-electron chi connectivity index (χ4n) is 0.807. The fraction of sp³-hybridized carbons (Fsp3) is 0. The van der Waals surface area contributed by atoms with E-state index in [0.29, 0.717) is 5.69 Å². The van der Waals surface area contributed by atoms with Gasteiger partial charge in [-0.1, -0.05) is 12.8 Å². The maximum atomic E-state index is 10.5. The number of benzene rings is 1. The average Bonchev–Trinajstić information content (AvgIpc) is 2.04. The van der Waals surface area contributed by atoms with Gasteiger partial charge in [-0.15, -0.1) is 0 Å². The predicted molar refractivity (Wildman–Crippen MR) is 47.7 cm³/mol. The molecule has 0 unspecified atom stereocenters. The Hall–Kier alpha value is -1.36. The van der Waals surface area contributed by atoms with Gasteiger partial charge >= 0.3 is 5.97 Å². The number of phenolic OH excluding ortho intramolecular Hbond substituents is 1. The van der Waals surface area contributed by atoms with Crippen molar-refractivity contribution in [3.63, 3.8) is 0 Å². The minimum absolute atomic E-state index is 0.00926. The molecule has 4 nitrogen and oxygen atoms in total. The second-order valence-electron chi connectivity index (χ2n) is 2.15. The minimum atomic E-state index is -1.11. The van der Waals surface area contributed by atoms with Gasteiger partial charge in [0.1, 0.15) is 5.75 Å². The molecule has 0 aliphatic rings. The van der Waals surface area contributed by atoms with Crippen LogP contribution in [0.15, 0.2) is 18.2 Å². The molecule has 0 heterocycles. The Bertz CT molecular complexity index is 314. The molecule has 0 saturated heterocycles. The second-order valence-corrected chi connectivity index (χ2v) is 2.37. The van der Waals surface area contributed by atoms with Crippen molar-refractivity contribution in [2.24, 2.45) is 0 Å². The van der Waals surface area contributed by atoms with E-state index in [1.165, 1.54) is 12.1 Å². The van der Waals surface area contributed by atoms with Crippen molar-refractivity contribution in [1.82, 2.24) is 0 Å². The molecule has 0 fully saturated rings. The number of phenols is 1. The third-order valence-electron chi connectivity index (χ3n) is 1.35. The Balaban J connectivity index is 3.21. The van der Waals surface area contributed by atoms with E-state index < -0.39 is 5.97 Å². The summed E-state index contributed by atoms with van der Waals surface area (Å²) in [5, 5.41) is 17.6. The number of thiol groups is 1. The molecule has 64 valence electrons. The standard InChI is InChI=1S/C7H7NO3S/c9-4-1-2-6(8-12)5(3-4)7(10)11/h1-3,8-9,12H,(H,10,11). The lowest BCUT2D eigenvalue weighted by Crippen LogP contribution is -1.99. The summed E-state index contributed by atoms with van der Waals surface area (Å²) < 4.78 is 2.41. The first-order valence-electron chi connectivity index (χ1n) is 3.11. The summed E-state index contributed by atoms with van der Waals surface area (Å²) in [6.07, 6.45) is 0. The number of nitrogens with one attached hydrogen (secondary N) is 1. The highest BCUT2D eigenvalue weighted by Gasteiger charge is 2.09. The zero-order chi connectivity index (χ0) is 9.14. The van der Waals surface area contributed by atoms with Crippen LogP contribution < -0.4 is 4.72 Å². The molecule has 0 aliphatic carbocycles. The van der Waals surface area contributed by atoms with E-state index in [2.05, 4.69) is 17.5 Å². The summed E-state index contributed by atoms with van der Waals surface area (Å²) in [5.41, 5.74) is 0.341. The molecule has 0 atom stereocenters. The Morgan fingerprint density at radius 1 is 1.50 bits per heavy atom. The van der Waals surface area contributed by atoms with Crippen LogP contribution in [0.3, 0.4) is 0 Å². The molecule has 0 saturated carbocycles. The summed E-state index contributed by atoms with van der Waals surface area (Å²) >= 11 is 3.71. The van der Waals surface area contributed by atoms with Gasteiger partial charge < -0.3 is 14.9 Å². The highest BCUT2D eigenvalue weighted by atomic mass is 32.1. The molecular formula is C7H7NO3S. The first kappa shape index (κ1) is 8.73. The van der Waals surface area contributed by atoms with E-state index in [1.54, 1.807) is 0 Å². The summed E-state index contributed by atoms with van der Waals surface area (Å²) in [7, 11) is 0. The van der Waals surface area contributed by atoms with Crippen molar-refractivity contribution in [2.75, 3.05) is 4.72 Å². The Kier molecular flexibility index (Phi) is 2.44. The zero-order valence-corrected chi connectivity index (χ0v) is 6.88. The Morgan fingerprint density at radius 3 is 2.67 bits per heavy atom. The van der Waals surface area contributed by atoms with Gasteiger partial charge in [-0.05, 0) is 18.2 Å². The number of hydrogen-bond donors (Lipinski definition) is 4. The smallest absolute Gasteiger partial charge is 0.337 e. The van der Waals surface area contributed by atoms with Gasteiger partial charge in [-0.25, -0.2) is 4.79 Å². The van der Waals surface area contributed by atoms with Gasteiger partial charge in [-0.3, -0.25) is 0 Å². The van der Waals surface area contributed by atoms with Crippen molar-refractivity contribution in [1.29, 1.82) is 0 Å². The molecule has 12 heavy (non-hydrogen) atoms. The van der Waals surface area contributed by atoms with E-state index in [-0.39, 0.29) is 11.3 Å². The van der Waals surface area contributed by atoms with Crippen LogP contribution in [0, 0.1) is 0 Å². The molecular weight excluding hydrogens is 178 g/mol. The van der Waals surface area contributed by atoms with Crippen molar-refractivity contribution < 1.29 is 15.0 Å². The van der Waals surface area contributed by atoms with E-state index in [1.807, 2.05) is 0 Å². The molecule has 1 rings (SSSR count). The molecule has 0 spiro atoms. The van der Waals surface area contributed by atoms with Crippen LogP contribution in [0.4, 0.5) is 5.69 Å². The quantitative estimate of drug-likeness (QED) is 0.414. The average molecular weight is 185 g/mol. The van der Waals surface area contributed by atoms with Gasteiger partial charge in [0.15, 0.2) is 0 Å². The number of anilines is 1. The third-order valence-corrected chi connectivity index (χ3v) is 1.59. The molecule has 1 aromatic rings. The van der Waals surface area contributed by atoms with Crippen LogP contribution in [0.1, 0.15) is 10.4 Å². The largest absolute Gasteiger partial charge is 0.508 e. The molecule has 0 bridgehead atoms. The number of carboxylic acid groups (broad SMARTS) is 1. The molecule has 0 radical (unpaired) electrons. The van der Waals surface area contributed by atoms with Gasteiger partial charge in [0.05, 0.1) is 11.3 Å². The third kappa shape index (κ3) is 1.62. The highest BCUT2D eigenvalue weighted by Crippen LogP contribution is 2.21. The van der Waals surface area contributed by atoms with Crippen molar-refractivity contribution in [3.05, 3.63) is 23.8 Å². The van der Waals surface area contributed by atoms with Gasteiger partial charge in [0.25, 0.3) is 0 Å². The number of hydrogen-bond acceptors (Lipinski definition) is 4. The van der Waals surface area contributed by atoms with Crippen LogP contribution in [-0.4, -0.2) is 16.2 Å². The fourth-order valence-corrected chi connectivity index (χ4v) is 1.00. The second kappa shape index (κ2) is 3.36. The zero-order valence-electron chi connectivity index (χ0n) is 5.98. The predicted octanol–water partition coefficient (Wildman–Crippen LogP) is 1.35. The van der Waals surface area contributed by atoms with Crippen LogP contribution in [-0.2, 0) is 0 Å². The van der Waals surface area contributed by atoms with E-state index >= 15 is 0 Å². The lowest BCUT2D eigenvalue weighted by Gasteiger charge is -2.03. The van der Waals surface area contributed by atoms with Crippen LogP contribution >= 0.6 is 12.8 Å². The lowest BCUT2D eigenvalue weighted by molar-refractivity contribution is 0.0697. The van der Waals surface area contributed by atoms with Crippen molar-refractivity contribution in [2.45, 2.75) is 0 Å². The summed E-state index contributed by atoms with van der Waals surface area (Å²) in [4.78, 5) is 10.5. The van der Waals surface area contributed by atoms with Crippen LogP contribution in [0.2, 0.25) is 0 Å². The summed E-state index contributed by atoms with van der Waals surface area (Å²) in [6, 6.07) is 3.97. The molecule has 0 amide bonds. The highest BCUT2D eigenvalue weighted by molar-refractivity contribution is 7.81. The Labute approximate surface area is 74.4 Å². The van der Waals surface area contributed by atoms with Crippen LogP contribution in [0.25, 0.3) is 0 Å². The number of carboxylic acids is 1. The number of aromatic carboxylic acids is 1. The summed E-state index contributed by atoms with van der Waals surface area (Å²) in [6.45, 7) is 0. The normalized spacial score (nSPS) is 9.42. The summed E-state index contributed by atoms with van der Waals surface area (Å²) in [5.74, 6) is -1.19. The molecule has 5 heteroatoms. The molecule has 3 N–H and O–H groups in total. The monoisotopic (exact) mass is 185 g/mol. The van der Waals surface area contributed by atoms with Crippen LogP contribution in [0.5, 0.6) is 5.75 Å². The minimum Gasteiger partial charge on any atom is -0.508 e. The number of carbonyl (C=O) groups is 1. The topological polar surface area (TPSA) is 69.6 Å². The van der Waals surface area contributed by atoms with E-state index in [9.17, 15) is 4.79 Å². The van der Waals surface area contributed by atoms with Crippen molar-refractivity contribution >= 4 is 24.5 Å². The first-order valence-corrected chi connectivity index (χ1v) is 3.56. The molecule has 0 aliphatic heterocycles. The number of aromatic hydroxyl groups is 1. The van der Waals surface area contributed by atoms with E-state index in [0.717, 1.165) is 6.07 Å². The van der Waals surface area contributed by atoms with Gasteiger partial charge in [0, 0.05) is 0 Å². The van der Waals surface area contributed by atoms with Crippen molar-refractivity contribution in [3.8, 4) is 5.75 Å². The first-order chi connectivity index (χ1) is 5.65. The number of rotatable bonds is 2. The Morgan fingerprint density at radius 2 is 2.17 bits per heavy atom. The lowest BCUT2D eigenvalue weighted by atomic mass is 10.2. The van der Waals surface area contributed by atoms with Gasteiger partial charge in [0.2, 0.25) is 0 Å². The van der Waals surface area contributed by atoms with Gasteiger partial charge in [-0.2, -0.15) is 0 Å². The maximum Gasteiger partial charge on any atom is 0.337 e. The molecule has 1 aromatic carbocycles.